The second kappa shape index (κ2) is 5.15. The van der Waals surface area contributed by atoms with Gasteiger partial charge in [-0.25, -0.2) is 4.98 Å². The van der Waals surface area contributed by atoms with Gasteiger partial charge in [0, 0.05) is 19.3 Å². The van der Waals surface area contributed by atoms with Crippen LogP contribution in [0.4, 0.5) is 0 Å². The third-order valence-corrected chi connectivity index (χ3v) is 3.21. The zero-order valence-corrected chi connectivity index (χ0v) is 10.5. The van der Waals surface area contributed by atoms with Crippen molar-refractivity contribution in [3.63, 3.8) is 0 Å². The van der Waals surface area contributed by atoms with Crippen molar-refractivity contribution in [2.24, 2.45) is 12.8 Å². The fraction of sp³-hybridized carbons (Fsp3) is 0.357. The van der Waals surface area contributed by atoms with E-state index in [1.165, 1.54) is 11.3 Å². The number of aromatic nitrogens is 2. The lowest BCUT2D eigenvalue weighted by atomic mass is 10.1. The van der Waals surface area contributed by atoms with E-state index in [9.17, 15) is 0 Å². The number of rotatable bonds is 4. The molecule has 90 valence electrons. The van der Waals surface area contributed by atoms with Crippen molar-refractivity contribution in [3.05, 3.63) is 53.1 Å². The molecular formula is C14H19N3. The maximum atomic E-state index is 5.73. The molecule has 2 rings (SSSR count). The molecule has 2 aromatic rings. The molecule has 0 bridgehead atoms. The van der Waals surface area contributed by atoms with E-state index in [4.69, 9.17) is 5.73 Å². The Hall–Kier alpha value is -1.61. The van der Waals surface area contributed by atoms with Crippen molar-refractivity contribution in [1.29, 1.82) is 0 Å². The average molecular weight is 229 g/mol. The Morgan fingerprint density at radius 3 is 2.53 bits per heavy atom. The van der Waals surface area contributed by atoms with E-state index in [0.717, 1.165) is 24.4 Å². The van der Waals surface area contributed by atoms with Crippen LogP contribution in [0.15, 0.2) is 30.3 Å². The van der Waals surface area contributed by atoms with Crippen LogP contribution >= 0.6 is 0 Å². The Kier molecular flexibility index (Phi) is 3.59. The molecule has 0 saturated heterocycles. The molecule has 0 atom stereocenters. The Bertz CT molecular complexity index is 486. The van der Waals surface area contributed by atoms with Gasteiger partial charge in [-0.3, -0.25) is 0 Å². The first-order valence-electron chi connectivity index (χ1n) is 5.97. The Morgan fingerprint density at radius 1 is 1.18 bits per heavy atom. The largest absolute Gasteiger partial charge is 0.335 e. The smallest absolute Gasteiger partial charge is 0.105 e. The number of nitrogens with zero attached hydrogens (tertiary/aromatic N) is 2. The molecule has 17 heavy (non-hydrogen) atoms. The molecule has 0 fully saturated rings. The van der Waals surface area contributed by atoms with E-state index in [1.54, 1.807) is 0 Å². The summed E-state index contributed by atoms with van der Waals surface area (Å²) in [6.07, 6.45) is 2.03. The molecule has 0 aliphatic carbocycles. The molecule has 3 heteroatoms. The van der Waals surface area contributed by atoms with Crippen molar-refractivity contribution in [2.45, 2.75) is 26.3 Å². The highest BCUT2D eigenvalue weighted by molar-refractivity contribution is 5.20. The van der Waals surface area contributed by atoms with Crippen LogP contribution in [-0.2, 0) is 26.4 Å². The monoisotopic (exact) mass is 229 g/mol. The number of nitrogens with two attached hydrogens (primary N) is 1. The second-order valence-electron chi connectivity index (χ2n) is 4.30. The minimum atomic E-state index is 0.520. The van der Waals surface area contributed by atoms with Gasteiger partial charge in [0.15, 0.2) is 0 Å². The lowest BCUT2D eigenvalue weighted by molar-refractivity contribution is 0.765. The number of imidazole rings is 1. The summed E-state index contributed by atoms with van der Waals surface area (Å²) >= 11 is 0. The third-order valence-electron chi connectivity index (χ3n) is 3.21. The number of hydrogen-bond acceptors (Lipinski definition) is 2. The maximum Gasteiger partial charge on any atom is 0.105 e. The van der Waals surface area contributed by atoms with Crippen molar-refractivity contribution >= 4 is 0 Å². The predicted molar refractivity (Wildman–Crippen MR) is 69.7 cm³/mol. The zero-order chi connectivity index (χ0) is 12.3. The Labute approximate surface area is 102 Å². The van der Waals surface area contributed by atoms with E-state index in [-0.39, 0.29) is 0 Å². The summed E-state index contributed by atoms with van der Waals surface area (Å²) in [6, 6.07) is 10.5. The summed E-state index contributed by atoms with van der Waals surface area (Å²) in [5, 5.41) is 0. The quantitative estimate of drug-likeness (QED) is 0.871. The van der Waals surface area contributed by atoms with E-state index in [1.807, 2.05) is 13.0 Å². The summed E-state index contributed by atoms with van der Waals surface area (Å²) in [6.45, 7) is 2.54. The van der Waals surface area contributed by atoms with E-state index in [2.05, 4.69) is 40.9 Å². The first-order valence-corrected chi connectivity index (χ1v) is 5.97. The van der Waals surface area contributed by atoms with Crippen LogP contribution in [0.1, 0.15) is 22.8 Å². The van der Waals surface area contributed by atoms with Crippen molar-refractivity contribution in [1.82, 2.24) is 9.55 Å². The first kappa shape index (κ1) is 11.9. The van der Waals surface area contributed by atoms with Gasteiger partial charge in [0.1, 0.15) is 5.82 Å². The van der Waals surface area contributed by atoms with Gasteiger partial charge in [0.05, 0.1) is 5.69 Å². The van der Waals surface area contributed by atoms with Gasteiger partial charge in [-0.2, -0.15) is 0 Å². The lowest BCUT2D eigenvalue weighted by Gasteiger charge is -2.06. The van der Waals surface area contributed by atoms with Gasteiger partial charge in [0.25, 0.3) is 0 Å². The number of aryl methyl sites for hydroxylation is 2. The first-order chi connectivity index (χ1) is 8.22. The highest BCUT2D eigenvalue weighted by Gasteiger charge is 2.10. The minimum Gasteiger partial charge on any atom is -0.335 e. The van der Waals surface area contributed by atoms with Gasteiger partial charge in [-0.15, -0.1) is 0 Å². The topological polar surface area (TPSA) is 43.8 Å². The van der Waals surface area contributed by atoms with Crippen molar-refractivity contribution in [2.75, 3.05) is 0 Å². The fourth-order valence-corrected chi connectivity index (χ4v) is 2.11. The van der Waals surface area contributed by atoms with Crippen LogP contribution in [0.2, 0.25) is 0 Å². The Morgan fingerprint density at radius 2 is 1.88 bits per heavy atom. The molecule has 0 saturated carbocycles. The zero-order valence-electron chi connectivity index (χ0n) is 10.5. The molecule has 0 radical (unpaired) electrons. The summed E-state index contributed by atoms with van der Waals surface area (Å²) in [7, 11) is 2.06. The summed E-state index contributed by atoms with van der Waals surface area (Å²) in [5.41, 5.74) is 9.37. The van der Waals surface area contributed by atoms with Gasteiger partial charge in [-0.05, 0) is 25.3 Å². The molecule has 0 aliphatic heterocycles. The van der Waals surface area contributed by atoms with Gasteiger partial charge < -0.3 is 10.3 Å². The summed E-state index contributed by atoms with van der Waals surface area (Å²) in [5.74, 6) is 1.04. The van der Waals surface area contributed by atoms with Crippen LogP contribution in [0.25, 0.3) is 0 Å². The SMILES string of the molecule is Cc1nc(CN)c(CCc2ccccc2)n1C. The summed E-state index contributed by atoms with van der Waals surface area (Å²) in [4.78, 5) is 4.48. The van der Waals surface area contributed by atoms with Crippen LogP contribution in [0, 0.1) is 6.92 Å². The van der Waals surface area contributed by atoms with E-state index in [0.29, 0.717) is 6.54 Å². The van der Waals surface area contributed by atoms with E-state index < -0.39 is 0 Å². The third kappa shape index (κ3) is 2.56. The van der Waals surface area contributed by atoms with Crippen LogP contribution in [0.5, 0.6) is 0 Å². The second-order valence-corrected chi connectivity index (χ2v) is 4.30. The predicted octanol–water partition coefficient (Wildman–Crippen LogP) is 1.97. The van der Waals surface area contributed by atoms with Gasteiger partial charge >= 0.3 is 0 Å². The highest BCUT2D eigenvalue weighted by atomic mass is 15.1. The lowest BCUT2D eigenvalue weighted by Crippen LogP contribution is -2.06. The number of benzene rings is 1. The molecule has 0 spiro atoms. The van der Waals surface area contributed by atoms with Gasteiger partial charge in [-0.1, -0.05) is 30.3 Å². The van der Waals surface area contributed by atoms with Gasteiger partial charge in [0.2, 0.25) is 0 Å². The molecule has 0 unspecified atom stereocenters. The standard InChI is InChI=1S/C14H19N3/c1-11-16-13(10-15)14(17(11)2)9-8-12-6-4-3-5-7-12/h3-7H,8-10,15H2,1-2H3. The minimum absolute atomic E-state index is 0.520. The van der Waals surface area contributed by atoms with Crippen LogP contribution < -0.4 is 5.73 Å². The molecule has 1 heterocycles. The highest BCUT2D eigenvalue weighted by Crippen LogP contribution is 2.13. The molecule has 1 aromatic carbocycles. The molecule has 1 aromatic heterocycles. The number of hydrogen-bond donors (Lipinski definition) is 1. The van der Waals surface area contributed by atoms with Crippen LogP contribution in [0.3, 0.4) is 0 Å². The normalized spacial score (nSPS) is 10.8. The molecule has 0 amide bonds. The summed E-state index contributed by atoms with van der Waals surface area (Å²) < 4.78 is 2.14. The van der Waals surface area contributed by atoms with E-state index >= 15 is 0 Å². The maximum absolute atomic E-state index is 5.73. The molecule has 3 nitrogen and oxygen atoms in total. The Balaban J connectivity index is 2.14. The molecule has 0 aliphatic rings. The van der Waals surface area contributed by atoms with Crippen molar-refractivity contribution in [3.8, 4) is 0 Å². The fourth-order valence-electron chi connectivity index (χ4n) is 2.11. The average Bonchev–Trinajstić information content (AvgIpc) is 2.64. The van der Waals surface area contributed by atoms with Crippen LogP contribution in [-0.4, -0.2) is 9.55 Å². The van der Waals surface area contributed by atoms with Crippen molar-refractivity contribution < 1.29 is 0 Å². The molecule has 2 N–H and O–H groups in total. The molecular weight excluding hydrogens is 210 g/mol.